The molecular weight excluding hydrogens is 252 g/mol. The van der Waals surface area contributed by atoms with Crippen molar-refractivity contribution in [3.63, 3.8) is 0 Å². The van der Waals surface area contributed by atoms with Gasteiger partial charge in [0.05, 0.1) is 6.54 Å². The van der Waals surface area contributed by atoms with Gasteiger partial charge in [0, 0.05) is 19.2 Å². The molecule has 4 heteroatoms. The van der Waals surface area contributed by atoms with Crippen LogP contribution in [0.4, 0.5) is 5.69 Å². The van der Waals surface area contributed by atoms with E-state index in [4.69, 9.17) is 0 Å². The monoisotopic (exact) mass is 272 g/mol. The predicted octanol–water partition coefficient (Wildman–Crippen LogP) is 2.44. The molecule has 106 valence electrons. The zero-order valence-corrected chi connectivity index (χ0v) is 11.7. The van der Waals surface area contributed by atoms with Crippen molar-refractivity contribution < 1.29 is 9.59 Å². The molecule has 0 radical (unpaired) electrons. The van der Waals surface area contributed by atoms with Gasteiger partial charge >= 0.3 is 0 Å². The summed E-state index contributed by atoms with van der Waals surface area (Å²) in [6.45, 7) is 0.0875. The summed E-state index contributed by atoms with van der Waals surface area (Å²) < 4.78 is 0. The van der Waals surface area contributed by atoms with Crippen molar-refractivity contribution in [1.82, 2.24) is 4.90 Å². The Morgan fingerprint density at radius 2 is 2.05 bits per heavy atom. The first-order valence-corrected chi connectivity index (χ1v) is 6.90. The van der Waals surface area contributed by atoms with Gasteiger partial charge in [-0.2, -0.15) is 0 Å². The molecule has 0 saturated heterocycles. The van der Waals surface area contributed by atoms with Crippen molar-refractivity contribution in [2.75, 3.05) is 18.9 Å². The van der Waals surface area contributed by atoms with Crippen LogP contribution < -0.4 is 5.32 Å². The first-order valence-electron chi connectivity index (χ1n) is 6.90. The van der Waals surface area contributed by atoms with Crippen molar-refractivity contribution >= 4 is 17.5 Å². The zero-order valence-electron chi connectivity index (χ0n) is 11.7. The second-order valence-electron chi connectivity index (χ2n) is 5.13. The third-order valence-electron chi connectivity index (χ3n) is 3.41. The number of para-hydroxylation sites is 1. The molecule has 0 bridgehead atoms. The summed E-state index contributed by atoms with van der Waals surface area (Å²) in [7, 11) is 1.67. The highest BCUT2D eigenvalue weighted by atomic mass is 16.2. The van der Waals surface area contributed by atoms with E-state index in [0.29, 0.717) is 12.3 Å². The number of allylic oxidation sites excluding steroid dienone is 2. The van der Waals surface area contributed by atoms with Crippen LogP contribution in [0.2, 0.25) is 0 Å². The standard InChI is InChI=1S/C16H20N2O2/c1-18(16(20)11-13-7-5-6-8-13)12-15(19)17-14-9-3-2-4-10-14/h2-5,7,9-10,13H,6,8,11-12H2,1H3,(H,17,19). The molecular formula is C16H20N2O2. The van der Waals surface area contributed by atoms with E-state index < -0.39 is 0 Å². The second-order valence-corrected chi connectivity index (χ2v) is 5.13. The normalized spacial score (nSPS) is 16.9. The van der Waals surface area contributed by atoms with Crippen LogP contribution >= 0.6 is 0 Å². The van der Waals surface area contributed by atoms with Crippen molar-refractivity contribution in [3.8, 4) is 0 Å². The van der Waals surface area contributed by atoms with Crippen molar-refractivity contribution in [2.24, 2.45) is 5.92 Å². The van der Waals surface area contributed by atoms with E-state index in [9.17, 15) is 9.59 Å². The van der Waals surface area contributed by atoms with Gasteiger partial charge in [-0.05, 0) is 30.9 Å². The van der Waals surface area contributed by atoms with Crippen molar-refractivity contribution in [3.05, 3.63) is 42.5 Å². The molecule has 4 nitrogen and oxygen atoms in total. The molecule has 20 heavy (non-hydrogen) atoms. The average Bonchev–Trinajstić information content (AvgIpc) is 2.92. The minimum Gasteiger partial charge on any atom is -0.336 e. The number of anilines is 1. The van der Waals surface area contributed by atoms with Crippen molar-refractivity contribution in [2.45, 2.75) is 19.3 Å². The highest BCUT2D eigenvalue weighted by molar-refractivity contribution is 5.94. The first-order chi connectivity index (χ1) is 9.65. The summed E-state index contributed by atoms with van der Waals surface area (Å²) in [4.78, 5) is 25.3. The van der Waals surface area contributed by atoms with Gasteiger partial charge in [-0.25, -0.2) is 0 Å². The number of hydrogen-bond acceptors (Lipinski definition) is 2. The lowest BCUT2D eigenvalue weighted by molar-refractivity contribution is -0.133. The Morgan fingerprint density at radius 1 is 1.30 bits per heavy atom. The molecule has 1 aromatic rings. The van der Waals surface area contributed by atoms with Gasteiger partial charge in [0.1, 0.15) is 0 Å². The largest absolute Gasteiger partial charge is 0.336 e. The SMILES string of the molecule is CN(CC(=O)Nc1ccccc1)C(=O)CC1C=CCC1. The fourth-order valence-corrected chi connectivity index (χ4v) is 2.27. The number of hydrogen-bond donors (Lipinski definition) is 1. The molecule has 0 saturated carbocycles. The minimum atomic E-state index is -0.172. The maximum Gasteiger partial charge on any atom is 0.243 e. The maximum absolute atomic E-state index is 12.0. The minimum absolute atomic E-state index is 0.0183. The van der Waals surface area contributed by atoms with Gasteiger partial charge in [0.25, 0.3) is 0 Å². The summed E-state index contributed by atoms with van der Waals surface area (Å²) in [5.74, 6) is 0.181. The highest BCUT2D eigenvalue weighted by Gasteiger charge is 2.18. The summed E-state index contributed by atoms with van der Waals surface area (Å²) >= 11 is 0. The average molecular weight is 272 g/mol. The second kappa shape index (κ2) is 6.89. The van der Waals surface area contributed by atoms with Gasteiger partial charge in [-0.1, -0.05) is 30.4 Å². The Balaban J connectivity index is 1.78. The summed E-state index contributed by atoms with van der Waals surface area (Å²) in [5, 5.41) is 2.77. The molecule has 0 fully saturated rings. The quantitative estimate of drug-likeness (QED) is 0.837. The maximum atomic E-state index is 12.0. The summed E-state index contributed by atoms with van der Waals surface area (Å²) in [6, 6.07) is 9.25. The lowest BCUT2D eigenvalue weighted by atomic mass is 10.0. The van der Waals surface area contributed by atoms with E-state index in [1.807, 2.05) is 30.3 Å². The van der Waals surface area contributed by atoms with E-state index in [1.165, 1.54) is 4.90 Å². The van der Waals surface area contributed by atoms with Gasteiger partial charge < -0.3 is 10.2 Å². The van der Waals surface area contributed by atoms with E-state index in [0.717, 1.165) is 18.5 Å². The molecule has 1 aliphatic rings. The molecule has 1 aliphatic carbocycles. The Morgan fingerprint density at radius 3 is 2.70 bits per heavy atom. The number of rotatable bonds is 5. The number of carbonyl (C=O) groups excluding carboxylic acids is 2. The zero-order chi connectivity index (χ0) is 14.4. The van der Waals surface area contributed by atoms with Crippen LogP contribution in [-0.4, -0.2) is 30.3 Å². The number of benzene rings is 1. The number of nitrogens with zero attached hydrogens (tertiary/aromatic N) is 1. The molecule has 2 amide bonds. The van der Waals surface area contributed by atoms with Gasteiger partial charge in [-0.3, -0.25) is 9.59 Å². The lowest BCUT2D eigenvalue weighted by Crippen LogP contribution is -2.35. The molecule has 0 spiro atoms. The Hall–Kier alpha value is -2.10. The predicted molar refractivity (Wildman–Crippen MR) is 79.2 cm³/mol. The van der Waals surface area contributed by atoms with Crippen LogP contribution in [0.25, 0.3) is 0 Å². The first kappa shape index (κ1) is 14.3. The summed E-state index contributed by atoms with van der Waals surface area (Å²) in [5.41, 5.74) is 0.747. The summed E-state index contributed by atoms with van der Waals surface area (Å²) in [6.07, 6.45) is 6.79. The fourth-order valence-electron chi connectivity index (χ4n) is 2.27. The third kappa shape index (κ3) is 4.23. The van der Waals surface area contributed by atoms with Crippen LogP contribution in [0.1, 0.15) is 19.3 Å². The van der Waals surface area contributed by atoms with E-state index in [1.54, 1.807) is 7.05 Å². The molecule has 0 aromatic heterocycles. The molecule has 0 aliphatic heterocycles. The van der Waals surface area contributed by atoms with E-state index in [2.05, 4.69) is 17.5 Å². The molecule has 1 unspecified atom stereocenters. The van der Waals surface area contributed by atoms with Crippen LogP contribution in [0.5, 0.6) is 0 Å². The van der Waals surface area contributed by atoms with Crippen LogP contribution in [0.3, 0.4) is 0 Å². The molecule has 1 atom stereocenters. The number of nitrogens with one attached hydrogen (secondary N) is 1. The van der Waals surface area contributed by atoms with Crippen molar-refractivity contribution in [1.29, 1.82) is 0 Å². The van der Waals surface area contributed by atoms with Crippen LogP contribution in [0.15, 0.2) is 42.5 Å². The van der Waals surface area contributed by atoms with E-state index >= 15 is 0 Å². The van der Waals surface area contributed by atoms with Gasteiger partial charge in [-0.15, -0.1) is 0 Å². The van der Waals surface area contributed by atoms with Gasteiger partial charge in [0.2, 0.25) is 11.8 Å². The molecule has 1 N–H and O–H groups in total. The fraction of sp³-hybridized carbons (Fsp3) is 0.375. The third-order valence-corrected chi connectivity index (χ3v) is 3.41. The van der Waals surface area contributed by atoms with Crippen LogP contribution in [0, 0.1) is 5.92 Å². The molecule has 0 heterocycles. The Labute approximate surface area is 119 Å². The highest BCUT2D eigenvalue weighted by Crippen LogP contribution is 2.20. The lowest BCUT2D eigenvalue weighted by Gasteiger charge is -2.18. The molecule has 2 rings (SSSR count). The van der Waals surface area contributed by atoms with Crippen LogP contribution in [-0.2, 0) is 9.59 Å². The topological polar surface area (TPSA) is 49.4 Å². The van der Waals surface area contributed by atoms with Gasteiger partial charge in [0.15, 0.2) is 0 Å². The van der Waals surface area contributed by atoms with E-state index in [-0.39, 0.29) is 18.4 Å². The number of carbonyl (C=O) groups is 2. The number of amides is 2. The Bertz CT molecular complexity index is 496. The molecule has 1 aromatic carbocycles. The Kier molecular flexibility index (Phi) is 4.93. The number of likely N-dealkylation sites (N-methyl/N-ethyl adjacent to an activating group) is 1. The smallest absolute Gasteiger partial charge is 0.243 e.